The summed E-state index contributed by atoms with van der Waals surface area (Å²) < 4.78 is 0. The van der Waals surface area contributed by atoms with Gasteiger partial charge in [0, 0.05) is 155 Å². The van der Waals surface area contributed by atoms with Crippen LogP contribution in [-0.2, 0) is 50.3 Å². The zero-order valence-electron chi connectivity index (χ0n) is 43.0. The van der Waals surface area contributed by atoms with Crippen LogP contribution in [0.15, 0.2) is 49.3 Å². The number of allylic oxidation sites excluding steroid dienone is 6. The monoisotopic (exact) mass is 1040 g/mol. The number of hydrogen-bond acceptors (Lipinski definition) is 14. The summed E-state index contributed by atoms with van der Waals surface area (Å²) in [5.41, 5.74) is 34.8. The Morgan fingerprint density at radius 3 is 1.71 bits per heavy atom. The Bertz CT molecular complexity index is 2410. The molecule has 1 saturated heterocycles. The van der Waals surface area contributed by atoms with Gasteiger partial charge in [0.15, 0.2) is 0 Å². The average molecular weight is 1050 g/mol. The molecule has 0 aromatic carbocycles. The average Bonchev–Trinajstić information content (AvgIpc) is 3.88. The van der Waals surface area contributed by atoms with Crippen molar-refractivity contribution in [3.63, 3.8) is 0 Å². The fourth-order valence-electron chi connectivity index (χ4n) is 12.3. The van der Waals surface area contributed by atoms with Gasteiger partial charge >= 0.3 is 0 Å². The van der Waals surface area contributed by atoms with Gasteiger partial charge < -0.3 is 50.1 Å². The summed E-state index contributed by atoms with van der Waals surface area (Å²) in [6.07, 6.45) is 1.20. The van der Waals surface area contributed by atoms with Gasteiger partial charge in [-0.3, -0.25) is 48.5 Å². The third-order valence-electron chi connectivity index (χ3n) is 16.1. The number of fused-ring (bicyclic) bond motifs is 6. The van der Waals surface area contributed by atoms with Crippen molar-refractivity contribution in [1.82, 2.24) is 10.6 Å². The molecule has 5 aliphatic rings. The third-order valence-corrected chi connectivity index (χ3v) is 16.1. The molecule has 0 aromatic heterocycles. The Kier molecular flexibility index (Phi) is 20.6. The maximum absolute atomic E-state index is 13.5. The van der Waals surface area contributed by atoms with Gasteiger partial charge in [-0.2, -0.15) is 0 Å². The fourth-order valence-corrected chi connectivity index (χ4v) is 12.3. The van der Waals surface area contributed by atoms with Crippen LogP contribution in [0, 0.1) is 69.0 Å². The molecule has 397 valence electrons. The van der Waals surface area contributed by atoms with Gasteiger partial charge in [0.05, 0.1) is 23.4 Å². The number of aliphatic hydroxyl groups excluding tert-OH is 1. The van der Waals surface area contributed by atoms with Crippen LogP contribution in [0.5, 0.6) is 0 Å². The van der Waals surface area contributed by atoms with Crippen LogP contribution in [0.3, 0.4) is 0 Å². The van der Waals surface area contributed by atoms with Gasteiger partial charge in [0.25, 0.3) is 0 Å². The molecule has 21 nitrogen and oxygen atoms in total. The molecule has 0 aromatic rings. The number of aliphatic hydroxyl groups is 1. The van der Waals surface area contributed by atoms with Crippen molar-refractivity contribution in [2.45, 2.75) is 151 Å². The molecule has 72 heavy (non-hydrogen) atoms. The number of amides is 7. The molecule has 8 bridgehead atoms. The van der Waals surface area contributed by atoms with Crippen LogP contribution in [0.1, 0.15) is 133 Å². The number of aliphatic imine (C=N–C) groups is 3. The van der Waals surface area contributed by atoms with Crippen LogP contribution in [0.2, 0.25) is 0 Å². The molecule has 7 amide bonds. The van der Waals surface area contributed by atoms with Crippen molar-refractivity contribution in [3.8, 4) is 13.1 Å². The molecule has 5 rings (SSSR count). The van der Waals surface area contributed by atoms with Gasteiger partial charge in [0.2, 0.25) is 41.4 Å². The normalized spacial score (nSPS) is 30.1. The van der Waals surface area contributed by atoms with Gasteiger partial charge in [-0.15, -0.1) is 0 Å². The Balaban J connectivity index is 0.00000346. The summed E-state index contributed by atoms with van der Waals surface area (Å²) in [4.78, 5) is 108. The maximum Gasteiger partial charge on any atom is 0.220 e. The number of rotatable bonds is 20. The molecule has 10 atom stereocenters. The first-order valence-corrected chi connectivity index (χ1v) is 23.8. The number of hydrogen-bond donors (Lipinski definition) is 9. The first-order valence-electron chi connectivity index (χ1n) is 23.8. The second-order valence-electron chi connectivity index (χ2n) is 21.2. The molecule has 0 saturated carbocycles. The minimum absolute atomic E-state index is 0. The summed E-state index contributed by atoms with van der Waals surface area (Å²) in [7, 11) is 0. The Hall–Kier alpha value is -6.23. The third kappa shape index (κ3) is 12.2. The van der Waals surface area contributed by atoms with E-state index >= 15 is 0 Å². The second kappa shape index (κ2) is 24.0. The van der Waals surface area contributed by atoms with E-state index in [-0.39, 0.29) is 93.4 Å². The van der Waals surface area contributed by atoms with Crippen LogP contribution >= 0.6 is 0 Å². The number of nitrogens with zero attached hydrogens (tertiary/aromatic N) is 5. The minimum Gasteiger partial charge on any atom is -0.392 e. The van der Waals surface area contributed by atoms with Crippen molar-refractivity contribution in [3.05, 3.63) is 34.3 Å². The van der Waals surface area contributed by atoms with Crippen LogP contribution in [-0.4, -0.2) is 87.8 Å². The van der Waals surface area contributed by atoms with E-state index in [2.05, 4.69) is 23.8 Å². The van der Waals surface area contributed by atoms with Crippen molar-refractivity contribution >= 4 is 58.5 Å². The molecular formula is C50H75CoN13O8. The van der Waals surface area contributed by atoms with E-state index in [0.717, 1.165) is 0 Å². The number of carbonyl (C=O) groups excluding carboxylic acids is 7. The zero-order chi connectivity index (χ0) is 54.4. The number of nitrogens with two attached hydrogens (primary N) is 6. The summed E-state index contributed by atoms with van der Waals surface area (Å²) in [6, 6.07) is -0.798. The predicted molar refractivity (Wildman–Crippen MR) is 267 cm³/mol. The first-order chi connectivity index (χ1) is 32.9. The molecule has 5 aliphatic heterocycles. The second-order valence-corrected chi connectivity index (χ2v) is 21.2. The van der Waals surface area contributed by atoms with E-state index in [1.54, 1.807) is 6.92 Å². The Morgan fingerprint density at radius 2 is 1.22 bits per heavy atom. The van der Waals surface area contributed by atoms with Crippen LogP contribution in [0.25, 0.3) is 0 Å². The zero-order valence-corrected chi connectivity index (χ0v) is 44.1. The Morgan fingerprint density at radius 1 is 0.708 bits per heavy atom. The number of nitriles is 2. The smallest absolute Gasteiger partial charge is 0.220 e. The maximum atomic E-state index is 13.5. The number of nitrogens with one attached hydrogen (secondary N) is 2. The Labute approximate surface area is 432 Å². The molecule has 5 heterocycles. The predicted octanol–water partition coefficient (Wildman–Crippen LogP) is 2.01. The number of carbonyl (C=O) groups is 7. The van der Waals surface area contributed by atoms with Crippen molar-refractivity contribution < 1.29 is 55.4 Å². The molecule has 1 fully saturated rings. The van der Waals surface area contributed by atoms with E-state index in [0.29, 0.717) is 51.8 Å². The topological polar surface area (TPSA) is 405 Å². The van der Waals surface area contributed by atoms with Gasteiger partial charge in [0.1, 0.15) is 0 Å². The standard InChI is InChI=1S/C48H73N11O8.2CHN.Co/c1-23(60)22-55-38(67)16-17-45(6)29(18-35(52)64)43-48(9)47(8,21-37(54)66)28(12-15-34(51)63)40(59-48)25(3)42-46(7,20-36(53)65)26(10-13-32(49)61)30(56-42)19-31-44(4,5)27(11-14-33(50)62)39(57-31)24(2)41(45)58-43;2*1-2;/h19,23,26-29,43,58,60H,10-18,20-22H2,1-9H3,(H2,49,61)(H2,50,62)(H2,51,63)(H2,52,64)(H2,53,65)(H2,54,66)(H,55,67);2*1H;. The first kappa shape index (κ1) is 61.9. The molecular weight excluding hydrogens is 970 g/mol. The minimum atomic E-state index is -1.35. The summed E-state index contributed by atoms with van der Waals surface area (Å²) >= 11 is 0. The fraction of sp³-hybridized carbons (Fsp3) is 0.640. The largest absolute Gasteiger partial charge is 0.392 e. The van der Waals surface area contributed by atoms with Crippen molar-refractivity contribution in [1.29, 1.82) is 10.5 Å². The SMILES string of the molecule is C#N.C#N.CC1=C2N=C(C=C3N=C(C(C)=C4NC(C(CC(N)=O)C4(C)CCC(=O)NCC(C)O)C4(C)N=C1C(CCC(N)=O)C4(C)CC(N)=O)C(CCC(N)=O)C3(C)C)C(CCC(N)=O)C2(C)CC(N)=O.[Co]. The summed E-state index contributed by atoms with van der Waals surface area (Å²) in [5.74, 6) is -6.24. The molecule has 0 aliphatic carbocycles. The van der Waals surface area contributed by atoms with E-state index in [1.807, 2.05) is 61.5 Å². The van der Waals surface area contributed by atoms with Gasteiger partial charge in [-0.25, -0.2) is 10.5 Å². The van der Waals surface area contributed by atoms with Gasteiger partial charge in [-0.05, 0) is 70.6 Å². The number of primary amides is 6. The van der Waals surface area contributed by atoms with E-state index < -0.39 is 98.5 Å². The van der Waals surface area contributed by atoms with E-state index in [4.69, 9.17) is 59.9 Å². The molecule has 0 spiro atoms. The van der Waals surface area contributed by atoms with Gasteiger partial charge in [-0.1, -0.05) is 34.6 Å². The van der Waals surface area contributed by atoms with Crippen LogP contribution in [0.4, 0.5) is 0 Å². The van der Waals surface area contributed by atoms with E-state index in [9.17, 15) is 38.7 Å². The molecule has 1 radical (unpaired) electrons. The molecule has 10 unspecified atom stereocenters. The van der Waals surface area contributed by atoms with E-state index in [1.165, 1.54) is 0 Å². The molecule has 22 heteroatoms. The van der Waals surface area contributed by atoms with Crippen LogP contribution < -0.4 is 45.0 Å². The molecule has 15 N–H and O–H groups in total. The summed E-state index contributed by atoms with van der Waals surface area (Å²) in [5, 5.41) is 29.6. The summed E-state index contributed by atoms with van der Waals surface area (Å²) in [6.45, 7) is 24.0. The quantitative estimate of drug-likeness (QED) is 0.0849. The van der Waals surface area contributed by atoms with Crippen molar-refractivity contribution in [2.75, 3.05) is 6.54 Å². The van der Waals surface area contributed by atoms with Crippen molar-refractivity contribution in [2.24, 2.45) is 94.7 Å².